The van der Waals surface area contributed by atoms with Gasteiger partial charge in [0.05, 0.1) is 13.2 Å². The van der Waals surface area contributed by atoms with Gasteiger partial charge in [-0.25, -0.2) is 19.5 Å². The summed E-state index contributed by atoms with van der Waals surface area (Å²) >= 11 is 0. The van der Waals surface area contributed by atoms with Crippen LogP contribution in [0.5, 0.6) is 0 Å². The highest BCUT2D eigenvalue weighted by molar-refractivity contribution is 14.0. The molecule has 2 aliphatic rings. The number of piperidine rings is 1. The van der Waals surface area contributed by atoms with Crippen molar-refractivity contribution in [1.82, 2.24) is 35.2 Å². The molecule has 1 atom stereocenters. The molecule has 174 valence electrons. The number of ether oxygens (including phenoxy) is 1. The standard InChI is InChI=1S/C19H32N8O3.HI/c1-4-30-19(29)26-9-7-14(8-10-26)23-18(20-11-17(28)25(2)3)24-15-5-6-16-21-13-22-27(16)12-15;/h13-15H,4-12H2,1-3H3,(H2,20,23,24);1H. The summed E-state index contributed by atoms with van der Waals surface area (Å²) in [6.07, 6.45) is 4.67. The van der Waals surface area contributed by atoms with Crippen LogP contribution in [0, 0.1) is 0 Å². The van der Waals surface area contributed by atoms with Gasteiger partial charge in [-0.2, -0.15) is 5.10 Å². The highest BCUT2D eigenvalue weighted by Gasteiger charge is 2.26. The minimum Gasteiger partial charge on any atom is -0.450 e. The van der Waals surface area contributed by atoms with Crippen molar-refractivity contribution >= 4 is 41.9 Å². The molecule has 31 heavy (non-hydrogen) atoms. The number of aliphatic imine (C=N–C) groups is 1. The fourth-order valence-corrected chi connectivity index (χ4v) is 3.58. The van der Waals surface area contributed by atoms with Gasteiger partial charge in [-0.05, 0) is 26.2 Å². The molecule has 0 radical (unpaired) electrons. The number of guanidine groups is 1. The number of amides is 2. The predicted octanol–water partition coefficient (Wildman–Crippen LogP) is 0.455. The minimum atomic E-state index is -0.259. The molecule has 12 heteroatoms. The summed E-state index contributed by atoms with van der Waals surface area (Å²) < 4.78 is 6.99. The van der Waals surface area contributed by atoms with Crippen LogP contribution in [-0.4, -0.2) is 94.9 Å². The van der Waals surface area contributed by atoms with Crippen LogP contribution in [0.3, 0.4) is 0 Å². The van der Waals surface area contributed by atoms with Crippen LogP contribution < -0.4 is 10.6 Å². The van der Waals surface area contributed by atoms with Crippen LogP contribution in [0.2, 0.25) is 0 Å². The second-order valence-electron chi connectivity index (χ2n) is 7.80. The minimum absolute atomic E-state index is 0. The van der Waals surface area contributed by atoms with Crippen molar-refractivity contribution in [3.8, 4) is 0 Å². The summed E-state index contributed by atoms with van der Waals surface area (Å²) in [5.74, 6) is 1.55. The van der Waals surface area contributed by atoms with Gasteiger partial charge in [0.2, 0.25) is 5.91 Å². The number of nitrogens with one attached hydrogen (secondary N) is 2. The van der Waals surface area contributed by atoms with E-state index in [1.165, 1.54) is 4.90 Å². The van der Waals surface area contributed by atoms with E-state index in [0.29, 0.717) is 32.2 Å². The molecular formula is C19H33IN8O3. The van der Waals surface area contributed by atoms with Crippen LogP contribution in [0.4, 0.5) is 4.79 Å². The second-order valence-corrected chi connectivity index (χ2v) is 7.80. The SMILES string of the molecule is CCOC(=O)N1CCC(NC(=NCC(=O)N(C)C)NC2CCc3ncnn3C2)CC1.I. The van der Waals surface area contributed by atoms with Crippen molar-refractivity contribution in [2.24, 2.45) is 4.99 Å². The van der Waals surface area contributed by atoms with Gasteiger partial charge in [0.15, 0.2) is 5.96 Å². The molecule has 1 unspecified atom stereocenters. The first-order valence-electron chi connectivity index (χ1n) is 10.5. The number of carbonyl (C=O) groups is 2. The number of hydrogen-bond acceptors (Lipinski definition) is 6. The maximum atomic E-state index is 12.0. The topological polar surface area (TPSA) is 117 Å². The maximum absolute atomic E-state index is 12.0. The smallest absolute Gasteiger partial charge is 0.409 e. The van der Waals surface area contributed by atoms with Crippen molar-refractivity contribution in [2.45, 2.75) is 51.2 Å². The fraction of sp³-hybridized carbons (Fsp3) is 0.737. The molecule has 0 aliphatic carbocycles. The summed E-state index contributed by atoms with van der Waals surface area (Å²) in [6.45, 7) is 4.23. The molecular weight excluding hydrogens is 515 g/mol. The molecule has 3 heterocycles. The molecule has 11 nitrogen and oxygen atoms in total. The Morgan fingerprint density at radius 3 is 2.61 bits per heavy atom. The number of halogens is 1. The van der Waals surface area contributed by atoms with Crippen molar-refractivity contribution in [3.63, 3.8) is 0 Å². The molecule has 1 aromatic rings. The Hall–Kier alpha value is -2.12. The van der Waals surface area contributed by atoms with Gasteiger partial charge < -0.3 is 25.2 Å². The Balaban J connectivity index is 0.00000341. The summed E-state index contributed by atoms with van der Waals surface area (Å²) in [4.78, 5) is 36.0. The molecule has 2 N–H and O–H groups in total. The molecule has 0 saturated carbocycles. The molecule has 1 saturated heterocycles. The number of fused-ring (bicyclic) bond motifs is 1. The summed E-state index contributed by atoms with van der Waals surface area (Å²) in [5, 5.41) is 11.2. The summed E-state index contributed by atoms with van der Waals surface area (Å²) in [7, 11) is 3.44. The van der Waals surface area contributed by atoms with Gasteiger partial charge in [-0.15, -0.1) is 24.0 Å². The van der Waals surface area contributed by atoms with Crippen molar-refractivity contribution in [3.05, 3.63) is 12.2 Å². The first-order chi connectivity index (χ1) is 14.5. The van der Waals surface area contributed by atoms with Crippen molar-refractivity contribution in [1.29, 1.82) is 0 Å². The molecule has 1 fully saturated rings. The highest BCUT2D eigenvalue weighted by atomic mass is 127. The first kappa shape index (κ1) is 25.1. The number of aromatic nitrogens is 3. The maximum Gasteiger partial charge on any atom is 0.409 e. The van der Waals surface area contributed by atoms with Gasteiger partial charge in [0, 0.05) is 45.7 Å². The lowest BCUT2D eigenvalue weighted by atomic mass is 10.1. The van der Waals surface area contributed by atoms with E-state index in [1.54, 1.807) is 25.3 Å². The number of hydrogen-bond donors (Lipinski definition) is 2. The molecule has 2 aliphatic heterocycles. The Labute approximate surface area is 200 Å². The zero-order valence-electron chi connectivity index (χ0n) is 18.4. The van der Waals surface area contributed by atoms with Crippen molar-refractivity contribution < 1.29 is 14.3 Å². The number of nitrogens with zero attached hydrogens (tertiary/aromatic N) is 6. The van der Waals surface area contributed by atoms with Crippen molar-refractivity contribution in [2.75, 3.05) is 40.3 Å². The molecule has 0 spiro atoms. The third kappa shape index (κ3) is 7.21. The van der Waals surface area contributed by atoms with Crippen LogP contribution in [0.25, 0.3) is 0 Å². The normalized spacial score (nSPS) is 19.1. The van der Waals surface area contributed by atoms with E-state index >= 15 is 0 Å². The number of carbonyl (C=O) groups excluding carboxylic acids is 2. The molecule has 1 aromatic heterocycles. The number of likely N-dealkylation sites (N-methyl/N-ethyl adjacent to an activating group) is 1. The van der Waals surface area contributed by atoms with Gasteiger partial charge >= 0.3 is 6.09 Å². The zero-order chi connectivity index (χ0) is 21.5. The predicted molar refractivity (Wildman–Crippen MR) is 126 cm³/mol. The lowest BCUT2D eigenvalue weighted by molar-refractivity contribution is -0.127. The van der Waals surface area contributed by atoms with Crippen LogP contribution in [0.1, 0.15) is 32.0 Å². The zero-order valence-corrected chi connectivity index (χ0v) is 20.7. The largest absolute Gasteiger partial charge is 0.450 e. The Kier molecular flexibility index (Phi) is 9.78. The third-order valence-corrected chi connectivity index (χ3v) is 5.38. The average molecular weight is 548 g/mol. The van der Waals surface area contributed by atoms with Gasteiger partial charge in [-0.3, -0.25) is 4.79 Å². The summed E-state index contributed by atoms with van der Waals surface area (Å²) in [6, 6.07) is 0.321. The molecule has 0 aromatic carbocycles. The molecule has 3 rings (SSSR count). The fourth-order valence-electron chi connectivity index (χ4n) is 3.58. The second kappa shape index (κ2) is 12.1. The van der Waals surface area contributed by atoms with Gasteiger partial charge in [-0.1, -0.05) is 0 Å². The monoisotopic (exact) mass is 548 g/mol. The number of aryl methyl sites for hydroxylation is 1. The highest BCUT2D eigenvalue weighted by Crippen LogP contribution is 2.13. The van der Waals surface area contributed by atoms with Gasteiger partial charge in [0.1, 0.15) is 18.7 Å². The third-order valence-electron chi connectivity index (χ3n) is 5.38. The lowest BCUT2D eigenvalue weighted by Crippen LogP contribution is -2.53. The summed E-state index contributed by atoms with van der Waals surface area (Å²) in [5.41, 5.74) is 0. The Morgan fingerprint density at radius 2 is 1.94 bits per heavy atom. The number of rotatable bonds is 5. The lowest BCUT2D eigenvalue weighted by Gasteiger charge is -2.33. The van der Waals surface area contributed by atoms with E-state index in [4.69, 9.17) is 4.74 Å². The molecule has 2 amide bonds. The van der Waals surface area contributed by atoms with Crippen LogP contribution in [-0.2, 0) is 22.5 Å². The van der Waals surface area contributed by atoms with E-state index in [-0.39, 0.29) is 54.6 Å². The average Bonchev–Trinajstić information content (AvgIpc) is 3.20. The number of likely N-dealkylation sites (tertiary alicyclic amines) is 1. The Bertz CT molecular complexity index is 761. The van der Waals surface area contributed by atoms with Crippen LogP contribution >= 0.6 is 24.0 Å². The van der Waals surface area contributed by atoms with E-state index in [1.807, 2.05) is 11.6 Å². The Morgan fingerprint density at radius 1 is 1.23 bits per heavy atom. The molecule has 0 bridgehead atoms. The van der Waals surface area contributed by atoms with Crippen LogP contribution in [0.15, 0.2) is 11.3 Å². The quantitative estimate of drug-likeness (QED) is 0.312. The van der Waals surface area contributed by atoms with E-state index < -0.39 is 0 Å². The van der Waals surface area contributed by atoms with E-state index in [0.717, 1.165) is 31.5 Å². The first-order valence-corrected chi connectivity index (χ1v) is 10.5. The van der Waals surface area contributed by atoms with Gasteiger partial charge in [0.25, 0.3) is 0 Å². The van der Waals surface area contributed by atoms with E-state index in [2.05, 4.69) is 25.7 Å². The van der Waals surface area contributed by atoms with E-state index in [9.17, 15) is 9.59 Å².